The number of carbonyl (C=O) groups is 1. The van der Waals surface area contributed by atoms with E-state index in [0.29, 0.717) is 18.9 Å². The third-order valence-corrected chi connectivity index (χ3v) is 7.16. The molecule has 2 aliphatic heterocycles. The first-order chi connectivity index (χ1) is 13.6. The number of amides is 1. The minimum atomic E-state index is 0.156. The summed E-state index contributed by atoms with van der Waals surface area (Å²) in [6.45, 7) is 6.77. The van der Waals surface area contributed by atoms with Crippen molar-refractivity contribution in [2.24, 2.45) is 5.41 Å². The van der Waals surface area contributed by atoms with Gasteiger partial charge in [-0.3, -0.25) is 9.69 Å². The van der Waals surface area contributed by atoms with Crippen molar-refractivity contribution in [1.82, 2.24) is 14.8 Å². The van der Waals surface area contributed by atoms with Gasteiger partial charge in [0, 0.05) is 31.4 Å². The third kappa shape index (κ3) is 4.23. The third-order valence-electron chi connectivity index (χ3n) is 6.12. The molecule has 1 aromatic heterocycles. The van der Waals surface area contributed by atoms with Crippen LogP contribution in [-0.4, -0.2) is 47.4 Å². The number of thiazole rings is 1. The van der Waals surface area contributed by atoms with Crippen molar-refractivity contribution < 1.29 is 9.53 Å². The second-order valence-corrected chi connectivity index (χ2v) is 9.08. The molecule has 1 aromatic carbocycles. The Morgan fingerprint density at radius 1 is 1.25 bits per heavy atom. The summed E-state index contributed by atoms with van der Waals surface area (Å²) in [5, 5.41) is 3.41. The van der Waals surface area contributed by atoms with Crippen molar-refractivity contribution in [1.29, 1.82) is 0 Å². The minimum absolute atomic E-state index is 0.156. The molecule has 5 nitrogen and oxygen atoms in total. The molecule has 28 heavy (non-hydrogen) atoms. The zero-order valence-corrected chi connectivity index (χ0v) is 17.6. The molecular weight excluding hydrogens is 370 g/mol. The first kappa shape index (κ1) is 19.4. The van der Waals surface area contributed by atoms with E-state index >= 15 is 0 Å². The van der Waals surface area contributed by atoms with E-state index in [0.717, 1.165) is 56.8 Å². The van der Waals surface area contributed by atoms with Crippen LogP contribution in [0, 0.1) is 5.41 Å². The average Bonchev–Trinajstić information content (AvgIpc) is 3.28. The Morgan fingerprint density at radius 2 is 2.07 bits per heavy atom. The Labute approximate surface area is 171 Å². The summed E-state index contributed by atoms with van der Waals surface area (Å²) in [5.41, 5.74) is 2.49. The van der Waals surface area contributed by atoms with Gasteiger partial charge < -0.3 is 9.64 Å². The molecule has 0 N–H and O–H groups in total. The molecule has 2 aliphatic rings. The predicted molar refractivity (Wildman–Crippen MR) is 111 cm³/mol. The first-order valence-electron chi connectivity index (χ1n) is 10.2. The SMILES string of the molecule is CCc1nc(CN2CCC3(CC2)CC(=O)N(Cc2cccc(OC)c2)C3)cs1. The zero-order chi connectivity index (χ0) is 19.6. The molecule has 4 rings (SSSR count). The van der Waals surface area contributed by atoms with Crippen LogP contribution < -0.4 is 4.74 Å². The fraction of sp³-hybridized carbons (Fsp3) is 0.545. The van der Waals surface area contributed by atoms with Gasteiger partial charge in [0.1, 0.15) is 5.75 Å². The Bertz CT molecular complexity index is 827. The number of methoxy groups -OCH3 is 1. The van der Waals surface area contributed by atoms with Gasteiger partial charge in [0.15, 0.2) is 0 Å². The second-order valence-electron chi connectivity index (χ2n) is 8.14. The van der Waals surface area contributed by atoms with E-state index in [2.05, 4.69) is 23.3 Å². The number of aromatic nitrogens is 1. The Hall–Kier alpha value is -1.92. The lowest BCUT2D eigenvalue weighted by atomic mass is 9.77. The summed E-state index contributed by atoms with van der Waals surface area (Å²) >= 11 is 1.76. The Balaban J connectivity index is 1.33. The van der Waals surface area contributed by atoms with Gasteiger partial charge in [-0.2, -0.15) is 0 Å². The van der Waals surface area contributed by atoms with Crippen LogP contribution >= 0.6 is 11.3 Å². The molecule has 0 bridgehead atoms. The minimum Gasteiger partial charge on any atom is -0.497 e. The van der Waals surface area contributed by atoms with Gasteiger partial charge in [-0.15, -0.1) is 11.3 Å². The van der Waals surface area contributed by atoms with Crippen LogP contribution in [0.3, 0.4) is 0 Å². The lowest BCUT2D eigenvalue weighted by Gasteiger charge is -2.38. The molecule has 3 heterocycles. The number of rotatable bonds is 6. The highest BCUT2D eigenvalue weighted by atomic mass is 32.1. The number of hydrogen-bond acceptors (Lipinski definition) is 5. The van der Waals surface area contributed by atoms with E-state index in [4.69, 9.17) is 9.72 Å². The van der Waals surface area contributed by atoms with E-state index in [1.54, 1.807) is 18.4 Å². The first-order valence-corrected chi connectivity index (χ1v) is 11.0. The van der Waals surface area contributed by atoms with Crippen molar-refractivity contribution in [3.05, 3.63) is 45.9 Å². The topological polar surface area (TPSA) is 45.7 Å². The maximum atomic E-state index is 12.7. The average molecular weight is 400 g/mol. The van der Waals surface area contributed by atoms with Crippen molar-refractivity contribution in [3.63, 3.8) is 0 Å². The van der Waals surface area contributed by atoms with Gasteiger partial charge in [0.05, 0.1) is 17.8 Å². The maximum absolute atomic E-state index is 12.7. The molecule has 2 saturated heterocycles. The highest BCUT2D eigenvalue weighted by molar-refractivity contribution is 7.09. The van der Waals surface area contributed by atoms with Crippen molar-refractivity contribution in [3.8, 4) is 5.75 Å². The zero-order valence-electron chi connectivity index (χ0n) is 16.8. The molecule has 0 unspecified atom stereocenters. The van der Waals surface area contributed by atoms with Gasteiger partial charge in [-0.05, 0) is 55.5 Å². The van der Waals surface area contributed by atoms with Crippen LogP contribution in [0.5, 0.6) is 5.75 Å². The molecule has 150 valence electrons. The highest BCUT2D eigenvalue weighted by Gasteiger charge is 2.44. The van der Waals surface area contributed by atoms with Crippen LogP contribution in [0.2, 0.25) is 0 Å². The standard InChI is InChI=1S/C22H29N3O2S/c1-3-20-23-18(15-28-20)14-24-9-7-22(8-10-24)12-21(26)25(16-22)13-17-5-4-6-19(11-17)27-2/h4-6,11,15H,3,7-10,12-14,16H2,1-2H3. The van der Waals surface area contributed by atoms with Crippen molar-refractivity contribution in [2.75, 3.05) is 26.7 Å². The number of benzene rings is 1. The molecular formula is C22H29N3O2S. The van der Waals surface area contributed by atoms with Crippen molar-refractivity contribution in [2.45, 2.75) is 45.7 Å². The Morgan fingerprint density at radius 3 is 2.79 bits per heavy atom. The molecule has 0 aliphatic carbocycles. The number of piperidine rings is 1. The predicted octanol–water partition coefficient (Wildman–Crippen LogP) is 3.73. The molecule has 0 radical (unpaired) electrons. The van der Waals surface area contributed by atoms with E-state index < -0.39 is 0 Å². The van der Waals surface area contributed by atoms with Crippen LogP contribution in [-0.2, 0) is 24.3 Å². The molecule has 0 saturated carbocycles. The number of ether oxygens (including phenoxy) is 1. The number of likely N-dealkylation sites (tertiary alicyclic amines) is 2. The summed E-state index contributed by atoms with van der Waals surface area (Å²) in [6, 6.07) is 8.03. The molecule has 2 aromatic rings. The number of hydrogen-bond donors (Lipinski definition) is 0. The second kappa shape index (κ2) is 8.21. The summed E-state index contributed by atoms with van der Waals surface area (Å²) < 4.78 is 5.31. The lowest BCUT2D eigenvalue weighted by Crippen LogP contribution is -2.41. The van der Waals surface area contributed by atoms with E-state index in [1.807, 2.05) is 23.1 Å². The monoisotopic (exact) mass is 399 g/mol. The number of nitrogens with zero attached hydrogens (tertiary/aromatic N) is 3. The van der Waals surface area contributed by atoms with Gasteiger partial charge in [0.25, 0.3) is 0 Å². The molecule has 0 atom stereocenters. The molecule has 1 amide bonds. The number of carbonyl (C=O) groups excluding carboxylic acids is 1. The van der Waals surface area contributed by atoms with E-state index in [9.17, 15) is 4.79 Å². The van der Waals surface area contributed by atoms with Crippen LogP contribution in [0.15, 0.2) is 29.6 Å². The fourth-order valence-corrected chi connectivity index (χ4v) is 5.19. The quantitative estimate of drug-likeness (QED) is 0.743. The van der Waals surface area contributed by atoms with Gasteiger partial charge >= 0.3 is 0 Å². The van der Waals surface area contributed by atoms with Crippen LogP contribution in [0.4, 0.5) is 0 Å². The van der Waals surface area contributed by atoms with Gasteiger partial charge in [-0.25, -0.2) is 4.98 Å². The van der Waals surface area contributed by atoms with Gasteiger partial charge in [0.2, 0.25) is 5.91 Å². The molecule has 2 fully saturated rings. The van der Waals surface area contributed by atoms with Crippen LogP contribution in [0.25, 0.3) is 0 Å². The summed E-state index contributed by atoms with van der Waals surface area (Å²) in [5.74, 6) is 1.14. The smallest absolute Gasteiger partial charge is 0.223 e. The summed E-state index contributed by atoms with van der Waals surface area (Å²) in [7, 11) is 1.68. The van der Waals surface area contributed by atoms with E-state index in [-0.39, 0.29) is 5.41 Å². The van der Waals surface area contributed by atoms with Crippen LogP contribution in [0.1, 0.15) is 42.5 Å². The van der Waals surface area contributed by atoms with E-state index in [1.165, 1.54) is 10.7 Å². The van der Waals surface area contributed by atoms with Crippen molar-refractivity contribution >= 4 is 17.2 Å². The largest absolute Gasteiger partial charge is 0.497 e. The molecule has 1 spiro atoms. The lowest BCUT2D eigenvalue weighted by molar-refractivity contribution is -0.128. The Kier molecular flexibility index (Phi) is 5.69. The van der Waals surface area contributed by atoms with Gasteiger partial charge in [-0.1, -0.05) is 19.1 Å². The summed E-state index contributed by atoms with van der Waals surface area (Å²) in [4.78, 5) is 21.9. The highest BCUT2D eigenvalue weighted by Crippen LogP contribution is 2.41. The maximum Gasteiger partial charge on any atom is 0.223 e. The summed E-state index contributed by atoms with van der Waals surface area (Å²) in [6.07, 6.45) is 3.90. The number of aryl methyl sites for hydroxylation is 1. The normalized spacial score (nSPS) is 19.5. The fourth-order valence-electron chi connectivity index (χ4n) is 4.45. The molecule has 6 heteroatoms.